The number of hydrogen-bond acceptors (Lipinski definition) is 6. The number of hydrogen-bond donors (Lipinski definition) is 0. The number of esters is 2. The first kappa shape index (κ1) is 28.6. The fraction of sp³-hybridized carbons (Fsp3) is 0.786. The summed E-state index contributed by atoms with van der Waals surface area (Å²) in [7, 11) is 0. The summed E-state index contributed by atoms with van der Waals surface area (Å²) in [4.78, 5) is 24.5. The molecule has 0 aliphatic carbocycles. The number of carbonyl (C=O) groups excluding carboxylic acids is 2. The van der Waals surface area contributed by atoms with Crippen molar-refractivity contribution in [3.63, 3.8) is 0 Å². The second-order valence-electron chi connectivity index (χ2n) is 9.55. The van der Waals surface area contributed by atoms with E-state index in [9.17, 15) is 9.59 Å². The minimum Gasteiger partial charge on any atom is -0.457 e. The van der Waals surface area contributed by atoms with Gasteiger partial charge < -0.3 is 18.9 Å². The number of fused-ring (bicyclic) bond motifs is 1. The second kappa shape index (κ2) is 17.7. The predicted molar refractivity (Wildman–Crippen MR) is 134 cm³/mol. The van der Waals surface area contributed by atoms with E-state index in [1.165, 1.54) is 38.5 Å². The Bertz CT molecular complexity index is 552. The van der Waals surface area contributed by atoms with Gasteiger partial charge in [-0.25, -0.2) is 0 Å². The van der Waals surface area contributed by atoms with E-state index in [0.29, 0.717) is 26.1 Å². The highest BCUT2D eigenvalue weighted by Crippen LogP contribution is 2.31. The first-order valence-corrected chi connectivity index (χ1v) is 13.5. The van der Waals surface area contributed by atoms with Crippen LogP contribution < -0.4 is 0 Å². The van der Waals surface area contributed by atoms with Crippen LogP contribution in [0.25, 0.3) is 0 Å². The number of allylic oxidation sites excluding steroid dienone is 2. The Morgan fingerprint density at radius 1 is 0.618 bits per heavy atom. The Morgan fingerprint density at radius 2 is 0.971 bits per heavy atom. The summed E-state index contributed by atoms with van der Waals surface area (Å²) in [5.41, 5.74) is 0. The van der Waals surface area contributed by atoms with Crippen LogP contribution in [0.3, 0.4) is 0 Å². The van der Waals surface area contributed by atoms with E-state index in [-0.39, 0.29) is 24.1 Å². The Morgan fingerprint density at radius 3 is 1.35 bits per heavy atom. The highest BCUT2D eigenvalue weighted by molar-refractivity contribution is 5.70. The molecule has 6 heteroatoms. The minimum atomic E-state index is -0.416. The molecular formula is C28H46O6. The van der Waals surface area contributed by atoms with E-state index in [2.05, 4.69) is 13.2 Å². The molecule has 2 aliphatic heterocycles. The summed E-state index contributed by atoms with van der Waals surface area (Å²) in [5, 5.41) is 0. The second-order valence-corrected chi connectivity index (χ2v) is 9.55. The Kier molecular flexibility index (Phi) is 14.9. The molecule has 0 aromatic heterocycles. The van der Waals surface area contributed by atoms with Gasteiger partial charge in [-0.1, -0.05) is 63.5 Å². The first-order chi connectivity index (χ1) is 16.7. The molecule has 2 saturated heterocycles. The molecule has 2 aliphatic rings. The van der Waals surface area contributed by atoms with Gasteiger partial charge in [-0.05, 0) is 38.5 Å². The van der Waals surface area contributed by atoms with E-state index in [1.54, 1.807) is 0 Å². The van der Waals surface area contributed by atoms with Gasteiger partial charge in [0.05, 0.1) is 13.2 Å². The molecule has 0 aromatic rings. The van der Waals surface area contributed by atoms with E-state index >= 15 is 0 Å². The molecule has 0 N–H and O–H groups in total. The molecule has 0 spiro atoms. The average Bonchev–Trinajstić information content (AvgIpc) is 3.40. The summed E-state index contributed by atoms with van der Waals surface area (Å²) in [6.45, 7) is 8.07. The van der Waals surface area contributed by atoms with Crippen LogP contribution in [-0.4, -0.2) is 49.6 Å². The van der Waals surface area contributed by atoms with Gasteiger partial charge in [0.15, 0.2) is 12.2 Å². The summed E-state index contributed by atoms with van der Waals surface area (Å²) in [5.74, 6) is -0.399. The molecule has 2 rings (SSSR count). The van der Waals surface area contributed by atoms with Crippen molar-refractivity contribution in [2.45, 2.75) is 127 Å². The van der Waals surface area contributed by atoms with Gasteiger partial charge in [-0.2, -0.15) is 0 Å². The Hall–Kier alpha value is -1.66. The Labute approximate surface area is 206 Å². The van der Waals surface area contributed by atoms with Crippen molar-refractivity contribution in [2.75, 3.05) is 13.2 Å². The quantitative estimate of drug-likeness (QED) is 0.117. The molecule has 0 aromatic carbocycles. The number of ether oxygens (including phenoxy) is 4. The highest BCUT2D eigenvalue weighted by Gasteiger charge is 2.51. The van der Waals surface area contributed by atoms with E-state index < -0.39 is 12.2 Å². The van der Waals surface area contributed by atoms with Crippen LogP contribution >= 0.6 is 0 Å². The van der Waals surface area contributed by atoms with Gasteiger partial charge in [0.1, 0.15) is 12.2 Å². The lowest BCUT2D eigenvalue weighted by Gasteiger charge is -2.17. The lowest BCUT2D eigenvalue weighted by Crippen LogP contribution is -2.35. The zero-order chi connectivity index (χ0) is 24.4. The van der Waals surface area contributed by atoms with E-state index in [0.717, 1.165) is 51.4 Å². The van der Waals surface area contributed by atoms with E-state index in [4.69, 9.17) is 18.9 Å². The fourth-order valence-electron chi connectivity index (χ4n) is 4.62. The Balaban J connectivity index is 1.53. The molecule has 2 unspecified atom stereocenters. The van der Waals surface area contributed by atoms with Crippen LogP contribution in [0.5, 0.6) is 0 Å². The molecule has 34 heavy (non-hydrogen) atoms. The maximum Gasteiger partial charge on any atom is 0.306 e. The molecule has 0 amide bonds. The minimum absolute atomic E-state index is 0.200. The third-order valence-corrected chi connectivity index (χ3v) is 6.61. The van der Waals surface area contributed by atoms with Crippen molar-refractivity contribution in [1.82, 2.24) is 0 Å². The lowest BCUT2D eigenvalue weighted by atomic mass is 10.1. The van der Waals surface area contributed by atoms with Gasteiger partial charge in [-0.3, -0.25) is 9.59 Å². The zero-order valence-corrected chi connectivity index (χ0v) is 21.1. The summed E-state index contributed by atoms with van der Waals surface area (Å²) < 4.78 is 22.8. The van der Waals surface area contributed by atoms with Gasteiger partial charge in [0.25, 0.3) is 0 Å². The van der Waals surface area contributed by atoms with Crippen LogP contribution in [0.1, 0.15) is 103 Å². The maximum atomic E-state index is 12.2. The van der Waals surface area contributed by atoms with Gasteiger partial charge in [0, 0.05) is 12.8 Å². The van der Waals surface area contributed by atoms with Crippen molar-refractivity contribution in [2.24, 2.45) is 0 Å². The van der Waals surface area contributed by atoms with Crippen LogP contribution in [0.2, 0.25) is 0 Å². The van der Waals surface area contributed by atoms with Crippen LogP contribution in [0.15, 0.2) is 25.3 Å². The first-order valence-electron chi connectivity index (χ1n) is 13.5. The van der Waals surface area contributed by atoms with Gasteiger partial charge >= 0.3 is 11.9 Å². The predicted octanol–water partition coefficient (Wildman–Crippen LogP) is 6.22. The average molecular weight is 479 g/mol. The molecule has 4 atom stereocenters. The highest BCUT2D eigenvalue weighted by atomic mass is 16.7. The molecule has 194 valence electrons. The van der Waals surface area contributed by atoms with Crippen LogP contribution in [-0.2, 0) is 28.5 Å². The SMILES string of the molecule is C=CCCCCCCCCC(=O)O[C@H]1COC2C1OC[C@H]2OC(=O)CCCCCCCCC=C. The molecule has 0 bridgehead atoms. The van der Waals surface area contributed by atoms with Gasteiger partial charge in [-0.15, -0.1) is 13.2 Å². The largest absolute Gasteiger partial charge is 0.457 e. The monoisotopic (exact) mass is 478 g/mol. The van der Waals surface area contributed by atoms with Crippen molar-refractivity contribution in [1.29, 1.82) is 0 Å². The standard InChI is InChI=1S/C28H46O6/c1-3-5-7-9-11-13-15-17-19-25(29)33-23-21-31-28-24(22-32-27(23)28)34-26(30)20-18-16-14-12-10-8-6-4-2/h3-4,23-24,27-28H,1-2,5-22H2/t23-,24+,27?,28?. The molecular weight excluding hydrogens is 432 g/mol. The van der Waals surface area contributed by atoms with Crippen molar-refractivity contribution >= 4 is 11.9 Å². The summed E-state index contributed by atoms with van der Waals surface area (Å²) in [6, 6.07) is 0. The molecule has 2 fully saturated rings. The third kappa shape index (κ3) is 11.2. The number of carbonyl (C=O) groups is 2. The molecule has 6 nitrogen and oxygen atoms in total. The normalized spacial score (nSPS) is 23.4. The van der Waals surface area contributed by atoms with Crippen molar-refractivity contribution < 1.29 is 28.5 Å². The van der Waals surface area contributed by atoms with Crippen molar-refractivity contribution in [3.8, 4) is 0 Å². The molecule has 0 radical (unpaired) electrons. The smallest absolute Gasteiger partial charge is 0.306 e. The topological polar surface area (TPSA) is 71.1 Å². The summed E-state index contributed by atoms with van der Waals surface area (Å²) >= 11 is 0. The number of rotatable bonds is 20. The molecule has 0 saturated carbocycles. The van der Waals surface area contributed by atoms with Gasteiger partial charge in [0.2, 0.25) is 0 Å². The fourth-order valence-corrected chi connectivity index (χ4v) is 4.62. The van der Waals surface area contributed by atoms with Crippen molar-refractivity contribution in [3.05, 3.63) is 25.3 Å². The van der Waals surface area contributed by atoms with E-state index in [1.807, 2.05) is 12.2 Å². The van der Waals surface area contributed by atoms with Crippen LogP contribution in [0, 0.1) is 0 Å². The van der Waals surface area contributed by atoms with Crippen LogP contribution in [0.4, 0.5) is 0 Å². The zero-order valence-electron chi connectivity index (χ0n) is 21.1. The maximum absolute atomic E-state index is 12.2. The third-order valence-electron chi connectivity index (χ3n) is 6.61. The lowest BCUT2D eigenvalue weighted by molar-refractivity contribution is -0.155. The number of unbranched alkanes of at least 4 members (excludes halogenated alkanes) is 12. The molecule has 2 heterocycles. The summed E-state index contributed by atoms with van der Waals surface area (Å²) in [6.07, 6.45) is 18.7.